The summed E-state index contributed by atoms with van der Waals surface area (Å²) in [6.45, 7) is 8.46. The minimum atomic E-state index is -0.202. The number of nitrogens with zero attached hydrogens (tertiary/aromatic N) is 3. The molecule has 1 aromatic rings. The second-order valence-corrected chi connectivity index (χ2v) is 7.33. The number of carbonyl (C=O) groups excluding carboxylic acids is 1. The summed E-state index contributed by atoms with van der Waals surface area (Å²) >= 11 is 0. The molecule has 7 nitrogen and oxygen atoms in total. The van der Waals surface area contributed by atoms with Crippen LogP contribution >= 0.6 is 0 Å². The van der Waals surface area contributed by atoms with E-state index in [1.54, 1.807) is 4.90 Å². The SMILES string of the molecule is CCNC(=NCCCCN(C)c1ccccc1)NC1CCN(C(=O)OCC)CC1. The number of nitrogens with one attached hydrogen (secondary N) is 2. The van der Waals surface area contributed by atoms with Gasteiger partial charge in [-0.25, -0.2) is 4.79 Å². The number of hydrogen-bond acceptors (Lipinski definition) is 4. The van der Waals surface area contributed by atoms with Gasteiger partial charge in [-0.3, -0.25) is 4.99 Å². The van der Waals surface area contributed by atoms with Gasteiger partial charge in [-0.1, -0.05) is 18.2 Å². The average molecular weight is 404 g/mol. The van der Waals surface area contributed by atoms with Crippen molar-refractivity contribution in [2.24, 2.45) is 4.99 Å². The molecule has 0 atom stereocenters. The van der Waals surface area contributed by atoms with E-state index in [9.17, 15) is 4.79 Å². The molecular weight excluding hydrogens is 366 g/mol. The Morgan fingerprint density at radius 1 is 1.21 bits per heavy atom. The largest absolute Gasteiger partial charge is 0.450 e. The lowest BCUT2D eigenvalue weighted by molar-refractivity contribution is 0.0963. The van der Waals surface area contributed by atoms with Crippen molar-refractivity contribution >= 4 is 17.7 Å². The Bertz CT molecular complexity index is 615. The topological polar surface area (TPSA) is 69.2 Å². The molecule has 0 aliphatic carbocycles. The van der Waals surface area contributed by atoms with Gasteiger partial charge >= 0.3 is 6.09 Å². The number of ether oxygens (including phenoxy) is 1. The van der Waals surface area contributed by atoms with Crippen molar-refractivity contribution in [1.82, 2.24) is 15.5 Å². The van der Waals surface area contributed by atoms with E-state index in [1.165, 1.54) is 5.69 Å². The van der Waals surface area contributed by atoms with Crippen LogP contribution < -0.4 is 15.5 Å². The maximum atomic E-state index is 11.8. The maximum Gasteiger partial charge on any atom is 0.409 e. The number of anilines is 1. The van der Waals surface area contributed by atoms with Crippen LogP contribution in [-0.4, -0.2) is 69.4 Å². The van der Waals surface area contributed by atoms with Crippen molar-refractivity contribution in [3.05, 3.63) is 30.3 Å². The van der Waals surface area contributed by atoms with Crippen molar-refractivity contribution in [3.8, 4) is 0 Å². The van der Waals surface area contributed by atoms with Crippen LogP contribution in [0, 0.1) is 0 Å². The number of piperidine rings is 1. The number of benzene rings is 1. The molecule has 0 aromatic heterocycles. The van der Waals surface area contributed by atoms with Gasteiger partial charge in [-0.05, 0) is 51.7 Å². The number of aliphatic imine (C=N–C) groups is 1. The van der Waals surface area contributed by atoms with E-state index >= 15 is 0 Å². The predicted molar refractivity (Wildman–Crippen MR) is 120 cm³/mol. The molecule has 1 fully saturated rings. The molecule has 162 valence electrons. The number of carbonyl (C=O) groups is 1. The predicted octanol–water partition coefficient (Wildman–Crippen LogP) is 3.08. The second kappa shape index (κ2) is 12.9. The number of para-hydroxylation sites is 1. The molecule has 1 heterocycles. The third kappa shape index (κ3) is 8.21. The normalized spacial score (nSPS) is 15.1. The first-order valence-corrected chi connectivity index (χ1v) is 10.9. The summed E-state index contributed by atoms with van der Waals surface area (Å²) in [5.41, 5.74) is 1.25. The van der Waals surface area contributed by atoms with Crippen LogP contribution in [0.4, 0.5) is 10.5 Å². The van der Waals surface area contributed by atoms with Crippen LogP contribution in [0.15, 0.2) is 35.3 Å². The van der Waals surface area contributed by atoms with Gasteiger partial charge in [-0.15, -0.1) is 0 Å². The lowest BCUT2D eigenvalue weighted by Crippen LogP contribution is -2.49. The fourth-order valence-corrected chi connectivity index (χ4v) is 3.40. The van der Waals surface area contributed by atoms with Gasteiger partial charge < -0.3 is 25.2 Å². The first-order valence-electron chi connectivity index (χ1n) is 10.9. The summed E-state index contributed by atoms with van der Waals surface area (Å²) in [6, 6.07) is 10.8. The highest BCUT2D eigenvalue weighted by Gasteiger charge is 2.23. The molecule has 1 amide bonds. The van der Waals surface area contributed by atoms with Gasteiger partial charge in [0, 0.05) is 51.5 Å². The maximum absolute atomic E-state index is 11.8. The van der Waals surface area contributed by atoms with Crippen LogP contribution in [0.5, 0.6) is 0 Å². The number of guanidine groups is 1. The van der Waals surface area contributed by atoms with Crippen molar-refractivity contribution in [3.63, 3.8) is 0 Å². The smallest absolute Gasteiger partial charge is 0.409 e. The average Bonchev–Trinajstić information content (AvgIpc) is 2.74. The summed E-state index contributed by atoms with van der Waals surface area (Å²) in [7, 11) is 2.13. The van der Waals surface area contributed by atoms with Crippen molar-refractivity contribution in [2.45, 2.75) is 45.6 Å². The van der Waals surface area contributed by atoms with Gasteiger partial charge in [0.25, 0.3) is 0 Å². The molecule has 7 heteroatoms. The minimum absolute atomic E-state index is 0.202. The van der Waals surface area contributed by atoms with E-state index < -0.39 is 0 Å². The summed E-state index contributed by atoms with van der Waals surface area (Å²) in [5, 5.41) is 6.86. The van der Waals surface area contributed by atoms with Crippen molar-refractivity contribution < 1.29 is 9.53 Å². The van der Waals surface area contributed by atoms with Gasteiger partial charge in [-0.2, -0.15) is 0 Å². The van der Waals surface area contributed by atoms with E-state index in [0.29, 0.717) is 12.6 Å². The van der Waals surface area contributed by atoms with Crippen LogP contribution in [0.2, 0.25) is 0 Å². The van der Waals surface area contributed by atoms with Gasteiger partial charge in [0.2, 0.25) is 0 Å². The summed E-state index contributed by atoms with van der Waals surface area (Å²) in [4.78, 5) is 20.6. The fraction of sp³-hybridized carbons (Fsp3) is 0.636. The first kappa shape index (κ1) is 22.8. The summed E-state index contributed by atoms with van der Waals surface area (Å²) in [6.07, 6.45) is 3.77. The van der Waals surface area contributed by atoms with Crippen molar-refractivity contribution in [1.29, 1.82) is 0 Å². The number of amides is 1. The Balaban J connectivity index is 1.69. The highest BCUT2D eigenvalue weighted by molar-refractivity contribution is 5.80. The Morgan fingerprint density at radius 3 is 2.59 bits per heavy atom. The lowest BCUT2D eigenvalue weighted by atomic mass is 10.1. The quantitative estimate of drug-likeness (QED) is 0.377. The highest BCUT2D eigenvalue weighted by Crippen LogP contribution is 2.12. The Labute approximate surface area is 175 Å². The molecule has 1 aliphatic heterocycles. The van der Waals surface area contributed by atoms with Crippen molar-refractivity contribution in [2.75, 3.05) is 51.3 Å². The number of likely N-dealkylation sites (tertiary alicyclic amines) is 1. The van der Waals surface area contributed by atoms with Gasteiger partial charge in [0.05, 0.1) is 6.61 Å². The Hall–Kier alpha value is -2.44. The fourth-order valence-electron chi connectivity index (χ4n) is 3.40. The van der Waals surface area contributed by atoms with Crippen LogP contribution in [0.3, 0.4) is 0 Å². The molecule has 1 saturated heterocycles. The number of unbranched alkanes of at least 4 members (excludes halogenated alkanes) is 1. The van der Waals surface area contributed by atoms with Crippen LogP contribution in [-0.2, 0) is 4.74 Å². The highest BCUT2D eigenvalue weighted by atomic mass is 16.6. The Kier molecular flexibility index (Phi) is 10.2. The Morgan fingerprint density at radius 2 is 1.93 bits per heavy atom. The molecule has 1 aliphatic rings. The monoisotopic (exact) mass is 403 g/mol. The molecule has 0 bridgehead atoms. The number of hydrogen-bond donors (Lipinski definition) is 2. The first-order chi connectivity index (χ1) is 14.1. The van der Waals surface area contributed by atoms with Gasteiger partial charge in [0.15, 0.2) is 5.96 Å². The number of rotatable bonds is 9. The lowest BCUT2D eigenvalue weighted by Gasteiger charge is -2.32. The molecule has 0 radical (unpaired) electrons. The third-order valence-electron chi connectivity index (χ3n) is 5.07. The molecule has 2 N–H and O–H groups in total. The third-order valence-corrected chi connectivity index (χ3v) is 5.07. The van der Waals surface area contributed by atoms with Gasteiger partial charge in [0.1, 0.15) is 0 Å². The zero-order chi connectivity index (χ0) is 20.9. The molecule has 0 saturated carbocycles. The van der Waals surface area contributed by atoms with E-state index in [4.69, 9.17) is 9.73 Å². The molecule has 0 unspecified atom stereocenters. The summed E-state index contributed by atoms with van der Waals surface area (Å²) < 4.78 is 5.08. The van der Waals surface area contributed by atoms with Crippen LogP contribution in [0.25, 0.3) is 0 Å². The minimum Gasteiger partial charge on any atom is -0.450 e. The molecule has 29 heavy (non-hydrogen) atoms. The molecule has 0 spiro atoms. The van der Waals surface area contributed by atoms with E-state index in [1.807, 2.05) is 13.0 Å². The van der Waals surface area contributed by atoms with E-state index in [-0.39, 0.29) is 6.09 Å². The molecule has 2 rings (SSSR count). The zero-order valence-electron chi connectivity index (χ0n) is 18.2. The van der Waals surface area contributed by atoms with E-state index in [2.05, 4.69) is 53.8 Å². The summed E-state index contributed by atoms with van der Waals surface area (Å²) in [5.74, 6) is 0.874. The second-order valence-electron chi connectivity index (χ2n) is 7.33. The zero-order valence-corrected chi connectivity index (χ0v) is 18.2. The standard InChI is InChI=1S/C22H37N5O2/c1-4-23-21(25-19-13-17-27(18-14-19)22(28)29-5-2)24-15-9-10-16-26(3)20-11-7-6-8-12-20/h6-8,11-12,19H,4-5,9-10,13-18H2,1-3H3,(H2,23,24,25). The molecule has 1 aromatic carbocycles. The molecular formula is C22H37N5O2. The van der Waals surface area contributed by atoms with E-state index in [0.717, 1.165) is 64.4 Å². The van der Waals surface area contributed by atoms with Crippen LogP contribution in [0.1, 0.15) is 39.5 Å².